The summed E-state index contributed by atoms with van der Waals surface area (Å²) in [5.74, 6) is 0.173. The maximum Gasteiger partial charge on any atom is 0.261 e. The molecule has 0 spiro atoms. The van der Waals surface area contributed by atoms with Gasteiger partial charge in [-0.15, -0.1) is 0 Å². The number of carbonyl (C=O) groups excluding carboxylic acids is 1. The monoisotopic (exact) mass is 470 g/mol. The maximum absolute atomic E-state index is 12.5. The Kier molecular flexibility index (Phi) is 8.10. The average Bonchev–Trinajstić information content (AvgIpc) is 2.61. The van der Waals surface area contributed by atoms with Crippen LogP contribution in [-0.4, -0.2) is 30.8 Å². The highest BCUT2D eigenvalue weighted by Gasteiger charge is 2.13. The molecule has 0 heterocycles. The zero-order valence-corrected chi connectivity index (χ0v) is 16.7. The van der Waals surface area contributed by atoms with Gasteiger partial charge in [0.15, 0.2) is 5.11 Å². The molecule has 1 amide bonds. The van der Waals surface area contributed by atoms with Gasteiger partial charge in [0.05, 0.1) is 12.2 Å². The molecule has 0 radical (unpaired) electrons. The Morgan fingerprint density at radius 1 is 1.12 bits per heavy atom. The number of ether oxygens (including phenoxy) is 2. The van der Waals surface area contributed by atoms with Gasteiger partial charge in [-0.2, -0.15) is 0 Å². The minimum absolute atomic E-state index is 0.232. The van der Waals surface area contributed by atoms with E-state index in [1.165, 1.54) is 0 Å². The molecule has 0 aromatic heterocycles. The van der Waals surface area contributed by atoms with Crippen LogP contribution in [0.25, 0.3) is 0 Å². The highest BCUT2D eigenvalue weighted by Crippen LogP contribution is 2.18. The minimum atomic E-state index is -0.324. The van der Waals surface area contributed by atoms with E-state index in [-0.39, 0.29) is 11.0 Å². The largest absolute Gasteiger partial charge is 0.490 e. The second kappa shape index (κ2) is 10.3. The fraction of sp³-hybridized carbons (Fsp3) is 0.222. The smallest absolute Gasteiger partial charge is 0.261 e. The van der Waals surface area contributed by atoms with Crippen LogP contribution >= 0.6 is 34.8 Å². The van der Waals surface area contributed by atoms with Gasteiger partial charge in [-0.1, -0.05) is 12.1 Å². The lowest BCUT2D eigenvalue weighted by Gasteiger charge is -2.13. The molecule has 0 atom stereocenters. The summed E-state index contributed by atoms with van der Waals surface area (Å²) >= 11 is 7.43. The van der Waals surface area contributed by atoms with E-state index in [9.17, 15) is 4.79 Å². The molecule has 0 bridgehead atoms. The number of benzene rings is 2. The summed E-state index contributed by atoms with van der Waals surface area (Å²) in [6.07, 6.45) is 0. The van der Waals surface area contributed by atoms with Gasteiger partial charge in [-0.05, 0) is 78.1 Å². The number of halogens is 1. The van der Waals surface area contributed by atoms with Crippen molar-refractivity contribution < 1.29 is 14.3 Å². The van der Waals surface area contributed by atoms with Gasteiger partial charge < -0.3 is 14.8 Å². The van der Waals surface area contributed by atoms with E-state index in [0.29, 0.717) is 31.1 Å². The normalized spacial score (nSPS) is 10.2. The molecule has 0 fully saturated rings. The first-order valence-electron chi connectivity index (χ1n) is 7.77. The molecule has 2 aromatic rings. The summed E-state index contributed by atoms with van der Waals surface area (Å²) in [7, 11) is 0. The van der Waals surface area contributed by atoms with Crippen LogP contribution in [-0.2, 0) is 4.74 Å². The first kappa shape index (κ1) is 19.6. The average molecular weight is 470 g/mol. The van der Waals surface area contributed by atoms with Crippen molar-refractivity contribution >= 4 is 51.5 Å². The van der Waals surface area contributed by atoms with E-state index in [1.807, 2.05) is 37.3 Å². The van der Waals surface area contributed by atoms with E-state index in [0.717, 1.165) is 9.26 Å². The zero-order valence-electron chi connectivity index (χ0n) is 13.8. The zero-order chi connectivity index (χ0) is 18.1. The van der Waals surface area contributed by atoms with E-state index in [2.05, 4.69) is 33.2 Å². The predicted octanol–water partition coefficient (Wildman–Crippen LogP) is 3.83. The van der Waals surface area contributed by atoms with Crippen LogP contribution < -0.4 is 15.4 Å². The van der Waals surface area contributed by atoms with Crippen molar-refractivity contribution in [1.82, 2.24) is 5.32 Å². The van der Waals surface area contributed by atoms with Crippen LogP contribution in [0.4, 0.5) is 5.69 Å². The number of carbonyl (C=O) groups is 1. The first-order chi connectivity index (χ1) is 12.1. The quantitative estimate of drug-likeness (QED) is 0.366. The summed E-state index contributed by atoms with van der Waals surface area (Å²) in [4.78, 5) is 12.5. The molecule has 0 saturated heterocycles. The highest BCUT2D eigenvalue weighted by molar-refractivity contribution is 14.1. The number of thiocarbonyl (C=S) groups is 1. The number of hydrogen-bond acceptors (Lipinski definition) is 4. The third-order valence-electron chi connectivity index (χ3n) is 3.15. The van der Waals surface area contributed by atoms with Crippen molar-refractivity contribution in [2.45, 2.75) is 6.92 Å². The molecule has 132 valence electrons. The van der Waals surface area contributed by atoms with Crippen LogP contribution in [0.2, 0.25) is 0 Å². The van der Waals surface area contributed by atoms with Crippen LogP contribution in [0.15, 0.2) is 48.5 Å². The molecule has 2 rings (SSSR count). The lowest BCUT2D eigenvalue weighted by Crippen LogP contribution is -2.34. The first-order valence-corrected chi connectivity index (χ1v) is 9.26. The van der Waals surface area contributed by atoms with E-state index >= 15 is 0 Å². The molecule has 0 aliphatic rings. The highest BCUT2D eigenvalue weighted by atomic mass is 127. The number of hydrogen-bond donors (Lipinski definition) is 2. The second-order valence-electron chi connectivity index (χ2n) is 4.96. The fourth-order valence-corrected chi connectivity index (χ4v) is 2.57. The van der Waals surface area contributed by atoms with E-state index in [1.54, 1.807) is 18.2 Å². The summed E-state index contributed by atoms with van der Waals surface area (Å²) in [5, 5.41) is 5.89. The van der Waals surface area contributed by atoms with Crippen molar-refractivity contribution in [2.75, 3.05) is 25.1 Å². The molecule has 0 aliphatic carbocycles. The van der Waals surface area contributed by atoms with Crippen LogP contribution in [0.3, 0.4) is 0 Å². The van der Waals surface area contributed by atoms with Crippen molar-refractivity contribution in [1.29, 1.82) is 0 Å². The van der Waals surface area contributed by atoms with Gasteiger partial charge >= 0.3 is 0 Å². The van der Waals surface area contributed by atoms with Crippen LogP contribution in [0, 0.1) is 3.57 Å². The Hall–Kier alpha value is -1.71. The Balaban J connectivity index is 1.95. The summed E-state index contributed by atoms with van der Waals surface area (Å²) in [6.45, 7) is 3.40. The Bertz CT molecular complexity index is 723. The number of nitrogens with one attached hydrogen (secondary N) is 2. The molecule has 25 heavy (non-hydrogen) atoms. The van der Waals surface area contributed by atoms with Crippen molar-refractivity contribution in [2.24, 2.45) is 0 Å². The fourth-order valence-electron chi connectivity index (χ4n) is 2.00. The molecule has 0 saturated carbocycles. The van der Waals surface area contributed by atoms with Gasteiger partial charge in [-0.25, -0.2) is 0 Å². The molecule has 7 heteroatoms. The standard InChI is InChI=1S/C18H19IN2O3S/c1-2-23-11-12-24-16-6-4-3-5-15(16)17(22)21-18(25)20-14-9-7-13(19)8-10-14/h3-10H,2,11-12H2,1H3,(H2,20,21,22,25). The number of anilines is 1. The number of para-hydroxylation sites is 1. The topological polar surface area (TPSA) is 59.6 Å². The molecular formula is C18H19IN2O3S. The predicted molar refractivity (Wildman–Crippen MR) is 111 cm³/mol. The number of rotatable bonds is 7. The van der Waals surface area contributed by atoms with Crippen molar-refractivity contribution in [3.05, 3.63) is 57.7 Å². The van der Waals surface area contributed by atoms with Gasteiger partial charge in [0.1, 0.15) is 12.4 Å². The summed E-state index contributed by atoms with van der Waals surface area (Å²) in [6, 6.07) is 14.7. The number of amides is 1. The minimum Gasteiger partial charge on any atom is -0.490 e. The van der Waals surface area contributed by atoms with E-state index in [4.69, 9.17) is 21.7 Å². The van der Waals surface area contributed by atoms with E-state index < -0.39 is 0 Å². The third kappa shape index (κ3) is 6.60. The molecule has 0 aliphatic heterocycles. The maximum atomic E-state index is 12.5. The molecule has 5 nitrogen and oxygen atoms in total. The SMILES string of the molecule is CCOCCOc1ccccc1C(=O)NC(=S)Nc1ccc(I)cc1. The van der Waals surface area contributed by atoms with Gasteiger partial charge in [-0.3, -0.25) is 10.1 Å². The van der Waals surface area contributed by atoms with Crippen LogP contribution in [0.1, 0.15) is 17.3 Å². The second-order valence-corrected chi connectivity index (χ2v) is 6.61. The summed E-state index contributed by atoms with van der Waals surface area (Å²) in [5.41, 5.74) is 1.23. The van der Waals surface area contributed by atoms with Crippen molar-refractivity contribution in [3.8, 4) is 5.75 Å². The Morgan fingerprint density at radius 2 is 1.84 bits per heavy atom. The third-order valence-corrected chi connectivity index (χ3v) is 4.07. The van der Waals surface area contributed by atoms with Gasteiger partial charge in [0.2, 0.25) is 0 Å². The Morgan fingerprint density at radius 3 is 2.56 bits per heavy atom. The molecule has 2 N–H and O–H groups in total. The lowest BCUT2D eigenvalue weighted by molar-refractivity contribution is 0.0958. The molecular weight excluding hydrogens is 451 g/mol. The Labute approximate surface area is 166 Å². The van der Waals surface area contributed by atoms with Gasteiger partial charge in [0, 0.05) is 15.9 Å². The lowest BCUT2D eigenvalue weighted by atomic mass is 10.2. The van der Waals surface area contributed by atoms with Crippen molar-refractivity contribution in [3.63, 3.8) is 0 Å². The summed E-state index contributed by atoms with van der Waals surface area (Å²) < 4.78 is 12.0. The molecule has 0 unspecified atom stereocenters. The molecule has 2 aromatic carbocycles. The van der Waals surface area contributed by atoms with Gasteiger partial charge in [0.25, 0.3) is 5.91 Å². The van der Waals surface area contributed by atoms with Crippen LogP contribution in [0.5, 0.6) is 5.75 Å².